The number of alkyl halides is 6. The number of thiophene rings is 1. The first-order valence-electron chi connectivity index (χ1n) is 11.0. The van der Waals surface area contributed by atoms with Crippen LogP contribution in [0.15, 0.2) is 12.3 Å². The maximum Gasteiger partial charge on any atom is 0.436 e. The van der Waals surface area contributed by atoms with E-state index in [0.29, 0.717) is 23.6 Å². The fourth-order valence-electron chi connectivity index (χ4n) is 3.95. The van der Waals surface area contributed by atoms with Gasteiger partial charge < -0.3 is 11.1 Å². The zero-order valence-corrected chi connectivity index (χ0v) is 21.8. The molecule has 2 amide bonds. The van der Waals surface area contributed by atoms with Crippen LogP contribution < -0.4 is 11.1 Å². The van der Waals surface area contributed by atoms with Crippen LogP contribution in [-0.4, -0.2) is 36.4 Å². The molecule has 17 heteroatoms. The fraction of sp³-hybridized carbons (Fsp3) is 0.318. The molecule has 0 bridgehead atoms. The topological polar surface area (TPSA) is 121 Å². The van der Waals surface area contributed by atoms with Gasteiger partial charge >= 0.3 is 12.4 Å². The molecule has 4 aromatic rings. The van der Waals surface area contributed by atoms with E-state index in [0.717, 1.165) is 10.7 Å². The summed E-state index contributed by atoms with van der Waals surface area (Å²) < 4.78 is 82.9. The normalized spacial score (nSPS) is 12.4. The lowest BCUT2D eigenvalue weighted by Crippen LogP contribution is -2.22. The lowest BCUT2D eigenvalue weighted by molar-refractivity contribution is -0.142. The van der Waals surface area contributed by atoms with Gasteiger partial charge in [0.05, 0.1) is 22.6 Å². The number of carbonyl (C=O) groups is 2. The Morgan fingerprint density at radius 1 is 1.08 bits per heavy atom. The number of halogens is 7. The average molecular weight is 594 g/mol. The summed E-state index contributed by atoms with van der Waals surface area (Å²) in [6.07, 6.45) is -8.37. The molecule has 0 aliphatic carbocycles. The number of carbonyl (C=O) groups excluding carboxylic acids is 2. The predicted octanol–water partition coefficient (Wildman–Crippen LogP) is 5.42. The summed E-state index contributed by atoms with van der Waals surface area (Å²) in [5.41, 5.74) is 3.20. The van der Waals surface area contributed by atoms with E-state index in [1.54, 1.807) is 13.8 Å². The first-order chi connectivity index (χ1) is 18.0. The van der Waals surface area contributed by atoms with Crippen molar-refractivity contribution in [3.05, 3.63) is 44.9 Å². The van der Waals surface area contributed by atoms with Crippen LogP contribution in [0.25, 0.3) is 21.3 Å². The summed E-state index contributed by atoms with van der Waals surface area (Å²) in [6, 6.07) is 0.770. The smallest absolute Gasteiger partial charge is 0.365 e. The highest BCUT2D eigenvalue weighted by atomic mass is 35.5. The molecule has 0 spiro atoms. The van der Waals surface area contributed by atoms with Crippen LogP contribution in [0.1, 0.15) is 39.4 Å². The van der Waals surface area contributed by atoms with Crippen molar-refractivity contribution in [2.75, 3.05) is 5.32 Å². The van der Waals surface area contributed by atoms with Crippen molar-refractivity contribution >= 4 is 50.7 Å². The molecular formula is C22H18ClF6N7O2S. The van der Waals surface area contributed by atoms with E-state index in [1.165, 1.54) is 17.8 Å². The van der Waals surface area contributed by atoms with Gasteiger partial charge in [0.1, 0.15) is 21.9 Å². The molecule has 0 saturated heterocycles. The van der Waals surface area contributed by atoms with Crippen LogP contribution >= 0.6 is 22.9 Å². The number of nitrogens with zero attached hydrogens (tertiary/aromatic N) is 5. The van der Waals surface area contributed by atoms with Crippen LogP contribution in [0.4, 0.5) is 32.0 Å². The van der Waals surface area contributed by atoms with Gasteiger partial charge in [-0.15, -0.1) is 11.3 Å². The predicted molar refractivity (Wildman–Crippen MR) is 130 cm³/mol. The number of aryl methyl sites for hydroxylation is 1. The Bertz CT molecular complexity index is 1620. The van der Waals surface area contributed by atoms with Crippen molar-refractivity contribution in [2.24, 2.45) is 5.73 Å². The maximum absolute atomic E-state index is 13.7. The molecule has 0 aromatic carbocycles. The summed E-state index contributed by atoms with van der Waals surface area (Å²) >= 11 is 6.27. The quantitative estimate of drug-likeness (QED) is 0.289. The van der Waals surface area contributed by atoms with Gasteiger partial charge in [0.2, 0.25) is 5.91 Å². The van der Waals surface area contributed by atoms with E-state index in [1.807, 2.05) is 0 Å². The number of aromatic nitrogens is 5. The molecule has 3 N–H and O–H groups in total. The Morgan fingerprint density at radius 2 is 1.74 bits per heavy atom. The van der Waals surface area contributed by atoms with Gasteiger partial charge in [-0.1, -0.05) is 11.6 Å². The average Bonchev–Trinajstić information content (AvgIpc) is 3.47. The third kappa shape index (κ3) is 5.17. The van der Waals surface area contributed by atoms with Crippen molar-refractivity contribution in [1.82, 2.24) is 24.5 Å². The first-order valence-corrected chi connectivity index (χ1v) is 12.2. The minimum atomic E-state index is -4.87. The summed E-state index contributed by atoms with van der Waals surface area (Å²) in [7, 11) is 0. The van der Waals surface area contributed by atoms with Crippen molar-refractivity contribution < 1.29 is 35.9 Å². The van der Waals surface area contributed by atoms with Crippen molar-refractivity contribution in [3.63, 3.8) is 0 Å². The lowest BCUT2D eigenvalue weighted by atomic mass is 10.0. The van der Waals surface area contributed by atoms with E-state index < -0.39 is 47.1 Å². The number of nitrogens with one attached hydrogen (secondary N) is 1. The van der Waals surface area contributed by atoms with E-state index in [9.17, 15) is 35.9 Å². The maximum atomic E-state index is 13.7. The number of hydrogen-bond acceptors (Lipinski definition) is 6. The van der Waals surface area contributed by atoms with Gasteiger partial charge in [0.15, 0.2) is 5.69 Å². The molecule has 208 valence electrons. The number of pyridine rings is 1. The number of hydrogen-bond donors (Lipinski definition) is 2. The van der Waals surface area contributed by atoms with Crippen molar-refractivity contribution in [1.29, 1.82) is 0 Å². The van der Waals surface area contributed by atoms with Gasteiger partial charge in [0, 0.05) is 23.2 Å². The van der Waals surface area contributed by atoms with Crippen molar-refractivity contribution in [2.45, 2.75) is 46.2 Å². The third-order valence-electron chi connectivity index (χ3n) is 5.83. The minimum absolute atomic E-state index is 0.0138. The first kappa shape index (κ1) is 28.4. The standard InChI is InChI=1S/C22H18ClF6N7O2S/c1-4-35-8(2)11(6-31-35)10-5-12(21(24,25)26)32-20-14(10)16(17(39-20)19(30)38)33-13(37)7-36-9(3)15(23)18(34-36)22(27,28)29/h5-6H,4,7H2,1-3H3,(H2,30,38)(H,33,37). The summed E-state index contributed by atoms with van der Waals surface area (Å²) in [6.45, 7) is 4.29. The molecule has 0 aliphatic rings. The Hall–Kier alpha value is -3.66. The third-order valence-corrected chi connectivity index (χ3v) is 7.38. The van der Waals surface area contributed by atoms with E-state index in [2.05, 4.69) is 20.5 Å². The zero-order chi connectivity index (χ0) is 29.0. The van der Waals surface area contributed by atoms with Crippen molar-refractivity contribution in [3.8, 4) is 11.1 Å². The summed E-state index contributed by atoms with van der Waals surface area (Å²) in [5, 5.41) is 9.22. The largest absolute Gasteiger partial charge is 0.436 e. The number of primary amides is 1. The molecule has 39 heavy (non-hydrogen) atoms. The number of rotatable bonds is 6. The second-order valence-electron chi connectivity index (χ2n) is 8.31. The molecule has 0 saturated carbocycles. The van der Waals surface area contributed by atoms with Crippen LogP contribution in [0.2, 0.25) is 5.02 Å². The summed E-state index contributed by atoms with van der Waals surface area (Å²) in [4.78, 5) is 28.3. The van der Waals surface area contributed by atoms with E-state index in [-0.39, 0.29) is 37.6 Å². The molecule has 4 aromatic heterocycles. The summed E-state index contributed by atoms with van der Waals surface area (Å²) in [5.74, 6) is -2.01. The van der Waals surface area contributed by atoms with Gasteiger partial charge in [-0.25, -0.2) is 4.98 Å². The molecule has 0 atom stereocenters. The van der Waals surface area contributed by atoms with E-state index in [4.69, 9.17) is 17.3 Å². The van der Waals surface area contributed by atoms with Crippen LogP contribution in [-0.2, 0) is 30.2 Å². The lowest BCUT2D eigenvalue weighted by Gasteiger charge is -2.13. The second-order valence-corrected chi connectivity index (χ2v) is 9.69. The molecule has 0 radical (unpaired) electrons. The Balaban J connectivity index is 1.88. The minimum Gasteiger partial charge on any atom is -0.365 e. The molecule has 0 fully saturated rings. The molecule has 9 nitrogen and oxygen atoms in total. The van der Waals surface area contributed by atoms with E-state index >= 15 is 0 Å². The molecular weight excluding hydrogens is 576 g/mol. The number of anilines is 1. The molecule has 0 aliphatic heterocycles. The fourth-order valence-corrected chi connectivity index (χ4v) is 5.20. The highest BCUT2D eigenvalue weighted by Gasteiger charge is 2.39. The van der Waals surface area contributed by atoms with Crippen LogP contribution in [0, 0.1) is 13.8 Å². The number of fused-ring (bicyclic) bond motifs is 1. The highest BCUT2D eigenvalue weighted by molar-refractivity contribution is 7.21. The monoisotopic (exact) mass is 593 g/mol. The van der Waals surface area contributed by atoms with Gasteiger partial charge in [-0.3, -0.25) is 19.0 Å². The zero-order valence-electron chi connectivity index (χ0n) is 20.3. The Morgan fingerprint density at radius 3 is 2.26 bits per heavy atom. The Kier molecular flexibility index (Phi) is 7.14. The van der Waals surface area contributed by atoms with Gasteiger partial charge in [-0.2, -0.15) is 36.5 Å². The number of amides is 2. The van der Waals surface area contributed by atoms with Crippen LogP contribution in [0.5, 0.6) is 0 Å². The SMILES string of the molecule is CCn1ncc(-c2cc(C(F)(F)F)nc3sc(C(N)=O)c(NC(=O)Cn4nc(C(F)(F)F)c(Cl)c4C)c23)c1C. The second kappa shape index (κ2) is 9.82. The number of nitrogens with two attached hydrogens (primary N) is 1. The van der Waals surface area contributed by atoms with Gasteiger partial charge in [-0.05, 0) is 32.4 Å². The molecule has 4 heterocycles. The van der Waals surface area contributed by atoms with Crippen LogP contribution in [0.3, 0.4) is 0 Å². The molecule has 4 rings (SSSR count). The van der Waals surface area contributed by atoms with Gasteiger partial charge in [0.25, 0.3) is 5.91 Å². The molecule has 0 unspecified atom stereocenters. The Labute approximate surface area is 224 Å². The highest BCUT2D eigenvalue weighted by Crippen LogP contribution is 2.44.